The molecule has 0 spiro atoms. The van der Waals surface area contributed by atoms with Gasteiger partial charge in [-0.1, -0.05) is 30.3 Å². The average molecular weight is 357 g/mol. The fraction of sp³-hybridized carbons (Fsp3) is 0.143. The number of pyridine rings is 2. The van der Waals surface area contributed by atoms with Crippen LogP contribution in [-0.4, -0.2) is 22.1 Å². The summed E-state index contributed by atoms with van der Waals surface area (Å²) >= 11 is 0. The van der Waals surface area contributed by atoms with Crippen LogP contribution in [0.1, 0.15) is 18.4 Å². The third-order valence-electron chi connectivity index (χ3n) is 4.34. The number of rotatable bonds is 5. The number of carbonyl (C=O) groups excluding carboxylic acids is 1. The lowest BCUT2D eigenvalue weighted by molar-refractivity contribution is -0.117. The van der Waals surface area contributed by atoms with Crippen LogP contribution in [-0.2, 0) is 4.79 Å². The monoisotopic (exact) mass is 357 g/mol. The topological polar surface area (TPSA) is 93.3 Å². The van der Waals surface area contributed by atoms with E-state index in [1.54, 1.807) is 24.7 Å². The summed E-state index contributed by atoms with van der Waals surface area (Å²) in [6, 6.07) is 15.5. The number of hydrogen-bond acceptors (Lipinski definition) is 5. The quantitative estimate of drug-likeness (QED) is 0.679. The summed E-state index contributed by atoms with van der Waals surface area (Å²) in [4.78, 5) is 24.8. The molecule has 1 fully saturated rings. The van der Waals surface area contributed by atoms with E-state index < -0.39 is 0 Å². The Kier molecular flexibility index (Phi) is 4.61. The molecule has 27 heavy (non-hydrogen) atoms. The van der Waals surface area contributed by atoms with Crippen LogP contribution in [0.2, 0.25) is 0 Å². The van der Waals surface area contributed by atoms with E-state index in [2.05, 4.69) is 20.3 Å². The molecule has 4 rings (SSSR count). The van der Waals surface area contributed by atoms with Crippen LogP contribution in [0.25, 0.3) is 11.1 Å². The number of aromatic nitrogens is 2. The fourth-order valence-corrected chi connectivity index (χ4v) is 2.67. The minimum absolute atomic E-state index is 0.0283. The molecule has 0 atom stereocenters. The van der Waals surface area contributed by atoms with E-state index in [9.17, 15) is 4.79 Å². The zero-order chi connectivity index (χ0) is 18.6. The highest BCUT2D eigenvalue weighted by Crippen LogP contribution is 2.30. The van der Waals surface area contributed by atoms with Crippen molar-refractivity contribution in [3.8, 4) is 11.1 Å². The number of nitrogen functional groups attached to an aromatic ring is 1. The minimum Gasteiger partial charge on any atom is -0.382 e. The SMILES string of the molecule is Nc1ncc(-c2ccccc2)cc1N=Cc1ccnc(NC(=O)C2CC2)c1. The van der Waals surface area contributed by atoms with Gasteiger partial charge in [0.25, 0.3) is 0 Å². The number of nitrogens with zero attached hydrogens (tertiary/aromatic N) is 3. The Bertz CT molecular complexity index is 996. The van der Waals surface area contributed by atoms with Gasteiger partial charge in [0.15, 0.2) is 0 Å². The van der Waals surface area contributed by atoms with Crippen LogP contribution in [0.5, 0.6) is 0 Å². The Morgan fingerprint density at radius 2 is 1.93 bits per heavy atom. The second-order valence-corrected chi connectivity index (χ2v) is 6.49. The maximum atomic E-state index is 11.9. The first-order valence-corrected chi connectivity index (χ1v) is 8.81. The van der Waals surface area contributed by atoms with Crippen molar-refractivity contribution in [2.24, 2.45) is 10.9 Å². The van der Waals surface area contributed by atoms with Crippen LogP contribution < -0.4 is 11.1 Å². The molecule has 0 unspecified atom stereocenters. The first kappa shape index (κ1) is 16.9. The number of benzene rings is 1. The Hall–Kier alpha value is -3.54. The minimum atomic E-state index is 0.0283. The zero-order valence-corrected chi connectivity index (χ0v) is 14.7. The van der Waals surface area contributed by atoms with Gasteiger partial charge in [-0.2, -0.15) is 0 Å². The molecule has 1 amide bonds. The predicted octanol–water partition coefficient (Wildman–Crippen LogP) is 3.82. The Balaban J connectivity index is 1.55. The number of nitrogens with two attached hydrogens (primary N) is 1. The maximum Gasteiger partial charge on any atom is 0.228 e. The lowest BCUT2D eigenvalue weighted by Crippen LogP contribution is -2.14. The van der Waals surface area contributed by atoms with Gasteiger partial charge in [0, 0.05) is 30.1 Å². The molecule has 1 aliphatic rings. The number of hydrogen-bond donors (Lipinski definition) is 2. The van der Waals surface area contributed by atoms with Crippen molar-refractivity contribution < 1.29 is 4.79 Å². The van der Waals surface area contributed by atoms with Crippen LogP contribution >= 0.6 is 0 Å². The van der Waals surface area contributed by atoms with Gasteiger partial charge in [0.2, 0.25) is 5.91 Å². The second-order valence-electron chi connectivity index (χ2n) is 6.49. The lowest BCUT2D eigenvalue weighted by Gasteiger charge is -2.05. The van der Waals surface area contributed by atoms with Crippen molar-refractivity contribution >= 4 is 29.4 Å². The standard InChI is InChI=1S/C21H19N5O/c22-20-18(11-17(13-25-20)15-4-2-1-3-5-15)24-12-14-8-9-23-19(10-14)26-21(27)16-6-7-16/h1-5,8-13,16H,6-7H2,(H2,22,25)(H,23,26,27). The van der Waals surface area contributed by atoms with Gasteiger partial charge in [-0.25, -0.2) is 9.97 Å². The van der Waals surface area contributed by atoms with Gasteiger partial charge in [-0.15, -0.1) is 0 Å². The molecule has 0 saturated heterocycles. The first-order chi connectivity index (χ1) is 13.2. The number of aliphatic imine (C=N–C) groups is 1. The van der Waals surface area contributed by atoms with E-state index in [1.807, 2.05) is 42.5 Å². The van der Waals surface area contributed by atoms with Crippen molar-refractivity contribution in [3.63, 3.8) is 0 Å². The van der Waals surface area contributed by atoms with Gasteiger partial charge in [-0.05, 0) is 42.2 Å². The number of nitrogens with one attached hydrogen (secondary N) is 1. The summed E-state index contributed by atoms with van der Waals surface area (Å²) in [6.45, 7) is 0. The van der Waals surface area contributed by atoms with Crippen LogP contribution in [0.15, 0.2) is 65.9 Å². The Morgan fingerprint density at radius 1 is 1.11 bits per heavy atom. The van der Waals surface area contributed by atoms with E-state index in [1.165, 1.54) is 0 Å². The Morgan fingerprint density at radius 3 is 2.70 bits per heavy atom. The van der Waals surface area contributed by atoms with E-state index in [-0.39, 0.29) is 11.8 Å². The summed E-state index contributed by atoms with van der Waals surface area (Å²) in [5, 5.41) is 2.84. The van der Waals surface area contributed by atoms with Gasteiger partial charge in [0.05, 0.1) is 0 Å². The number of anilines is 2. The first-order valence-electron chi connectivity index (χ1n) is 8.81. The highest BCUT2D eigenvalue weighted by Gasteiger charge is 2.29. The van der Waals surface area contributed by atoms with Crippen LogP contribution in [0.4, 0.5) is 17.3 Å². The van der Waals surface area contributed by atoms with Gasteiger partial charge in [-0.3, -0.25) is 9.79 Å². The smallest absolute Gasteiger partial charge is 0.228 e. The summed E-state index contributed by atoms with van der Waals surface area (Å²) < 4.78 is 0. The van der Waals surface area contributed by atoms with Crippen molar-refractivity contribution in [3.05, 3.63) is 66.5 Å². The molecule has 3 aromatic rings. The molecule has 1 saturated carbocycles. The van der Waals surface area contributed by atoms with Gasteiger partial charge < -0.3 is 11.1 Å². The fourth-order valence-electron chi connectivity index (χ4n) is 2.67. The van der Waals surface area contributed by atoms with Crippen LogP contribution in [0.3, 0.4) is 0 Å². The molecular formula is C21H19N5O. The van der Waals surface area contributed by atoms with E-state index in [0.717, 1.165) is 29.5 Å². The molecule has 0 bridgehead atoms. The molecule has 2 heterocycles. The molecule has 2 aromatic heterocycles. The highest BCUT2D eigenvalue weighted by molar-refractivity contribution is 5.94. The van der Waals surface area contributed by atoms with E-state index in [0.29, 0.717) is 17.3 Å². The molecule has 6 nitrogen and oxygen atoms in total. The third-order valence-corrected chi connectivity index (χ3v) is 4.34. The van der Waals surface area contributed by atoms with Crippen LogP contribution in [0, 0.1) is 5.92 Å². The van der Waals surface area contributed by atoms with Crippen molar-refractivity contribution in [2.75, 3.05) is 11.1 Å². The summed E-state index contributed by atoms with van der Waals surface area (Å²) in [6.07, 6.45) is 6.98. The molecule has 1 aliphatic carbocycles. The van der Waals surface area contributed by atoms with Crippen molar-refractivity contribution in [1.82, 2.24) is 9.97 Å². The van der Waals surface area contributed by atoms with Crippen molar-refractivity contribution in [1.29, 1.82) is 0 Å². The predicted molar refractivity (Wildman–Crippen MR) is 107 cm³/mol. The molecule has 0 aliphatic heterocycles. The summed E-state index contributed by atoms with van der Waals surface area (Å²) in [7, 11) is 0. The lowest BCUT2D eigenvalue weighted by atomic mass is 10.1. The number of amides is 1. The van der Waals surface area contributed by atoms with Crippen molar-refractivity contribution in [2.45, 2.75) is 12.8 Å². The maximum absolute atomic E-state index is 11.9. The van der Waals surface area contributed by atoms with Gasteiger partial charge >= 0.3 is 0 Å². The average Bonchev–Trinajstić information content (AvgIpc) is 3.54. The largest absolute Gasteiger partial charge is 0.382 e. The number of carbonyl (C=O) groups is 1. The Labute approximate surface area is 157 Å². The summed E-state index contributed by atoms with van der Waals surface area (Å²) in [5.41, 5.74) is 9.39. The van der Waals surface area contributed by atoms with Gasteiger partial charge in [0.1, 0.15) is 17.3 Å². The molecular weight excluding hydrogens is 338 g/mol. The zero-order valence-electron chi connectivity index (χ0n) is 14.7. The molecule has 3 N–H and O–H groups in total. The molecule has 1 aromatic carbocycles. The second kappa shape index (κ2) is 7.37. The normalized spacial score (nSPS) is 13.6. The van der Waals surface area contributed by atoms with E-state index in [4.69, 9.17) is 5.73 Å². The molecule has 6 heteroatoms. The molecule has 134 valence electrons. The molecule has 0 radical (unpaired) electrons. The highest BCUT2D eigenvalue weighted by atomic mass is 16.2. The summed E-state index contributed by atoms with van der Waals surface area (Å²) in [5.74, 6) is 1.05. The van der Waals surface area contributed by atoms with E-state index >= 15 is 0 Å². The third kappa shape index (κ3) is 4.17.